The number of amides is 4. The van der Waals surface area contributed by atoms with Crippen molar-refractivity contribution in [2.45, 2.75) is 40.2 Å². The van der Waals surface area contributed by atoms with Crippen LogP contribution < -0.4 is 25.4 Å². The Hall–Kier alpha value is -2.81. The maximum Gasteiger partial charge on any atom is 0.321 e. The standard InChI is InChI=1S/C20H32N4O5/c1-7-28-15-10-9-14(11-16(15)29-8-2)21-17(25)12-24(6)13-18(26)22-19(27)23-20(3,4)5/h9-11H,7-8,12-13H2,1-6H3,(H,21,25)(H2,22,23,26,27). The number of hydrogen-bond acceptors (Lipinski definition) is 6. The second-order valence-corrected chi connectivity index (χ2v) is 7.50. The number of likely N-dealkylation sites (N-methyl/N-ethyl adjacent to an activating group) is 1. The highest BCUT2D eigenvalue weighted by Crippen LogP contribution is 2.30. The lowest BCUT2D eigenvalue weighted by Gasteiger charge is -2.21. The van der Waals surface area contributed by atoms with Crippen LogP contribution in [0.1, 0.15) is 34.6 Å². The first-order valence-electron chi connectivity index (χ1n) is 9.54. The highest BCUT2D eigenvalue weighted by molar-refractivity contribution is 5.96. The van der Waals surface area contributed by atoms with Crippen molar-refractivity contribution in [3.05, 3.63) is 18.2 Å². The fourth-order valence-corrected chi connectivity index (χ4v) is 2.41. The van der Waals surface area contributed by atoms with Gasteiger partial charge in [0.1, 0.15) is 0 Å². The summed E-state index contributed by atoms with van der Waals surface area (Å²) in [5, 5.41) is 7.63. The van der Waals surface area contributed by atoms with E-state index in [1.54, 1.807) is 25.2 Å². The lowest BCUT2D eigenvalue weighted by atomic mass is 10.1. The zero-order valence-corrected chi connectivity index (χ0v) is 18.0. The quantitative estimate of drug-likeness (QED) is 0.576. The van der Waals surface area contributed by atoms with E-state index >= 15 is 0 Å². The second-order valence-electron chi connectivity index (χ2n) is 7.50. The number of anilines is 1. The van der Waals surface area contributed by atoms with Crippen molar-refractivity contribution in [2.24, 2.45) is 0 Å². The topological polar surface area (TPSA) is 109 Å². The van der Waals surface area contributed by atoms with E-state index in [0.717, 1.165) is 0 Å². The van der Waals surface area contributed by atoms with Gasteiger partial charge in [0, 0.05) is 17.3 Å². The third-order valence-corrected chi connectivity index (χ3v) is 3.40. The highest BCUT2D eigenvalue weighted by atomic mass is 16.5. The van der Waals surface area contributed by atoms with Crippen molar-refractivity contribution in [1.29, 1.82) is 0 Å². The molecule has 29 heavy (non-hydrogen) atoms. The summed E-state index contributed by atoms with van der Waals surface area (Å²) in [6.07, 6.45) is 0. The Morgan fingerprint density at radius 2 is 1.55 bits per heavy atom. The van der Waals surface area contributed by atoms with Crippen molar-refractivity contribution >= 4 is 23.5 Å². The predicted octanol–water partition coefficient (Wildman–Crippen LogP) is 1.98. The van der Waals surface area contributed by atoms with Gasteiger partial charge >= 0.3 is 6.03 Å². The number of ether oxygens (including phenoxy) is 2. The SMILES string of the molecule is CCOc1ccc(NC(=O)CN(C)CC(=O)NC(=O)NC(C)(C)C)cc1OCC. The second kappa shape index (κ2) is 11.3. The van der Waals surface area contributed by atoms with E-state index in [1.165, 1.54) is 4.90 Å². The fraction of sp³-hybridized carbons (Fsp3) is 0.550. The third kappa shape index (κ3) is 9.79. The maximum absolute atomic E-state index is 12.3. The van der Waals surface area contributed by atoms with Crippen LogP contribution in [0.2, 0.25) is 0 Å². The van der Waals surface area contributed by atoms with Gasteiger partial charge < -0.3 is 20.1 Å². The Morgan fingerprint density at radius 1 is 0.966 bits per heavy atom. The zero-order chi connectivity index (χ0) is 22.0. The molecule has 0 aromatic heterocycles. The van der Waals surface area contributed by atoms with Crippen LogP contribution in [0.5, 0.6) is 11.5 Å². The summed E-state index contributed by atoms with van der Waals surface area (Å²) < 4.78 is 11.0. The first kappa shape index (κ1) is 24.2. The summed E-state index contributed by atoms with van der Waals surface area (Å²) in [7, 11) is 1.62. The van der Waals surface area contributed by atoms with Crippen LogP contribution in [0.15, 0.2) is 18.2 Å². The molecule has 0 saturated carbocycles. The van der Waals surface area contributed by atoms with Crippen LogP contribution >= 0.6 is 0 Å². The molecule has 0 spiro atoms. The van der Waals surface area contributed by atoms with Gasteiger partial charge in [-0.3, -0.25) is 19.8 Å². The molecule has 9 nitrogen and oxygen atoms in total. The lowest BCUT2D eigenvalue weighted by Crippen LogP contribution is -2.50. The number of imide groups is 1. The molecule has 1 aromatic carbocycles. The summed E-state index contributed by atoms with van der Waals surface area (Å²) in [6, 6.07) is 4.57. The van der Waals surface area contributed by atoms with Crippen LogP contribution in [0.3, 0.4) is 0 Å². The number of hydrogen-bond donors (Lipinski definition) is 3. The molecule has 0 aliphatic rings. The van der Waals surface area contributed by atoms with Gasteiger partial charge in [-0.15, -0.1) is 0 Å². The molecule has 0 aliphatic carbocycles. The average molecular weight is 408 g/mol. The molecule has 0 heterocycles. The van der Waals surface area contributed by atoms with Gasteiger partial charge in [0.2, 0.25) is 11.8 Å². The Balaban J connectivity index is 2.56. The number of carbonyl (C=O) groups is 3. The number of nitrogens with one attached hydrogen (secondary N) is 3. The third-order valence-electron chi connectivity index (χ3n) is 3.40. The molecule has 162 valence electrons. The Bertz CT molecular complexity index is 715. The molecular formula is C20H32N4O5. The number of benzene rings is 1. The molecule has 3 N–H and O–H groups in total. The van der Waals surface area contributed by atoms with E-state index < -0.39 is 17.5 Å². The largest absolute Gasteiger partial charge is 0.490 e. The maximum atomic E-state index is 12.3. The Kier molecular flexibility index (Phi) is 9.40. The minimum Gasteiger partial charge on any atom is -0.490 e. The normalized spacial score (nSPS) is 11.0. The van der Waals surface area contributed by atoms with Crippen LogP contribution in [0, 0.1) is 0 Å². The molecular weight excluding hydrogens is 376 g/mol. The Morgan fingerprint density at radius 3 is 2.14 bits per heavy atom. The predicted molar refractivity (Wildman–Crippen MR) is 111 cm³/mol. The van der Waals surface area contributed by atoms with Gasteiger partial charge in [-0.05, 0) is 53.8 Å². The van der Waals surface area contributed by atoms with Crippen molar-refractivity contribution < 1.29 is 23.9 Å². The molecule has 0 bridgehead atoms. The highest BCUT2D eigenvalue weighted by Gasteiger charge is 2.17. The number of urea groups is 1. The Labute approximate surface area is 172 Å². The lowest BCUT2D eigenvalue weighted by molar-refractivity contribution is -0.122. The van der Waals surface area contributed by atoms with E-state index in [4.69, 9.17) is 9.47 Å². The molecule has 9 heteroatoms. The van der Waals surface area contributed by atoms with Crippen LogP contribution in [-0.4, -0.2) is 61.6 Å². The van der Waals surface area contributed by atoms with Crippen LogP contribution in [0.4, 0.5) is 10.5 Å². The van der Waals surface area contributed by atoms with Crippen molar-refractivity contribution in [3.8, 4) is 11.5 Å². The van der Waals surface area contributed by atoms with E-state index in [1.807, 2.05) is 34.6 Å². The summed E-state index contributed by atoms with van der Waals surface area (Å²) in [5.41, 5.74) is 0.109. The van der Waals surface area contributed by atoms with Crippen molar-refractivity contribution in [2.75, 3.05) is 38.7 Å². The average Bonchev–Trinajstić information content (AvgIpc) is 2.55. The van der Waals surface area contributed by atoms with Crippen LogP contribution in [-0.2, 0) is 9.59 Å². The smallest absolute Gasteiger partial charge is 0.321 e. The molecule has 0 unspecified atom stereocenters. The molecule has 1 rings (SSSR count). The number of rotatable bonds is 9. The van der Waals surface area contributed by atoms with E-state index in [-0.39, 0.29) is 19.0 Å². The summed E-state index contributed by atoms with van der Waals surface area (Å²) in [5.74, 6) is 0.354. The molecule has 0 atom stereocenters. The first-order valence-corrected chi connectivity index (χ1v) is 9.54. The van der Waals surface area contributed by atoms with Gasteiger partial charge in [0.15, 0.2) is 11.5 Å². The monoisotopic (exact) mass is 408 g/mol. The summed E-state index contributed by atoms with van der Waals surface area (Å²) in [6.45, 7) is 10.0. The van der Waals surface area contributed by atoms with Gasteiger partial charge in [0.25, 0.3) is 0 Å². The number of nitrogens with zero attached hydrogens (tertiary/aromatic N) is 1. The van der Waals surface area contributed by atoms with Crippen molar-refractivity contribution in [1.82, 2.24) is 15.5 Å². The van der Waals surface area contributed by atoms with Gasteiger partial charge in [-0.25, -0.2) is 4.79 Å². The molecule has 0 radical (unpaired) electrons. The number of carbonyl (C=O) groups excluding carboxylic acids is 3. The van der Waals surface area contributed by atoms with E-state index in [2.05, 4.69) is 16.0 Å². The zero-order valence-electron chi connectivity index (χ0n) is 18.0. The fourth-order valence-electron chi connectivity index (χ4n) is 2.41. The molecule has 0 fully saturated rings. The minimum atomic E-state index is -0.571. The summed E-state index contributed by atoms with van der Waals surface area (Å²) >= 11 is 0. The van der Waals surface area contributed by atoms with Gasteiger partial charge in [-0.1, -0.05) is 0 Å². The molecule has 4 amide bonds. The minimum absolute atomic E-state index is 0.0223. The van der Waals surface area contributed by atoms with Crippen molar-refractivity contribution in [3.63, 3.8) is 0 Å². The molecule has 0 saturated heterocycles. The molecule has 0 aliphatic heterocycles. The first-order chi connectivity index (χ1) is 13.5. The van der Waals surface area contributed by atoms with E-state index in [0.29, 0.717) is 30.4 Å². The van der Waals surface area contributed by atoms with Gasteiger partial charge in [0.05, 0.1) is 26.3 Å². The van der Waals surface area contributed by atoms with Crippen LogP contribution in [0.25, 0.3) is 0 Å². The van der Waals surface area contributed by atoms with Gasteiger partial charge in [-0.2, -0.15) is 0 Å². The van der Waals surface area contributed by atoms with E-state index in [9.17, 15) is 14.4 Å². The molecule has 1 aromatic rings. The summed E-state index contributed by atoms with van der Waals surface area (Å²) in [4.78, 5) is 37.4.